The highest BCUT2D eigenvalue weighted by atomic mass is 32.2. The zero-order valence-corrected chi connectivity index (χ0v) is 23.7. The lowest BCUT2D eigenvalue weighted by molar-refractivity contribution is -0.169. The maximum absolute atomic E-state index is 13.5. The van der Waals surface area contributed by atoms with Crippen LogP contribution in [0.5, 0.6) is 5.75 Å². The van der Waals surface area contributed by atoms with E-state index in [0.717, 1.165) is 12.0 Å². The highest BCUT2D eigenvalue weighted by Crippen LogP contribution is 2.49. The lowest BCUT2D eigenvalue weighted by Gasteiger charge is -2.31. The van der Waals surface area contributed by atoms with Gasteiger partial charge in [0.05, 0.1) is 37.4 Å². The number of fused-ring (bicyclic) bond motifs is 1. The number of amides is 1. The molecule has 2 heterocycles. The first-order valence-electron chi connectivity index (χ1n) is 13.9. The highest BCUT2D eigenvalue weighted by molar-refractivity contribution is 7.89. The van der Waals surface area contributed by atoms with Crippen molar-refractivity contribution in [3.05, 3.63) is 60.2 Å². The molecule has 2 N–H and O–H groups in total. The van der Waals surface area contributed by atoms with Gasteiger partial charge in [0, 0.05) is 30.8 Å². The highest BCUT2D eigenvalue weighted by Gasteiger charge is 2.56. The molecule has 1 amide bonds. The molecule has 2 aromatic carbocycles. The predicted octanol–water partition coefficient (Wildman–Crippen LogP) is 2.80. The molecule has 0 radical (unpaired) electrons. The summed E-state index contributed by atoms with van der Waals surface area (Å²) in [5.41, 5.74) is 0.893. The lowest BCUT2D eigenvalue weighted by atomic mass is 9.98. The summed E-state index contributed by atoms with van der Waals surface area (Å²) in [6, 6.07) is 14.8. The summed E-state index contributed by atoms with van der Waals surface area (Å²) >= 11 is 0. The Hall–Kier alpha value is -2.70. The molecule has 218 valence electrons. The first-order chi connectivity index (χ1) is 19.3. The first-order valence-corrected chi connectivity index (χ1v) is 15.3. The third-order valence-corrected chi connectivity index (χ3v) is 10.0. The Morgan fingerprint density at radius 3 is 2.52 bits per heavy atom. The lowest BCUT2D eigenvalue weighted by Crippen LogP contribution is -2.51. The van der Waals surface area contributed by atoms with Crippen molar-refractivity contribution < 1.29 is 37.3 Å². The smallest absolute Gasteiger partial charge is 0.407 e. The van der Waals surface area contributed by atoms with Gasteiger partial charge in [-0.1, -0.05) is 37.3 Å². The van der Waals surface area contributed by atoms with Gasteiger partial charge in [-0.3, -0.25) is 0 Å². The van der Waals surface area contributed by atoms with Crippen LogP contribution in [-0.4, -0.2) is 81.9 Å². The van der Waals surface area contributed by atoms with Crippen molar-refractivity contribution in [2.45, 2.75) is 55.6 Å². The number of benzene rings is 2. The second kappa shape index (κ2) is 12.4. The Balaban J connectivity index is 1.31. The minimum absolute atomic E-state index is 0.0930. The number of alkyl carbamates (subject to hydrolysis) is 1. The van der Waals surface area contributed by atoms with Crippen molar-refractivity contribution in [2.24, 2.45) is 17.8 Å². The van der Waals surface area contributed by atoms with E-state index < -0.39 is 28.3 Å². The number of hydrogen-bond donors (Lipinski definition) is 2. The van der Waals surface area contributed by atoms with Crippen LogP contribution in [0.15, 0.2) is 59.5 Å². The van der Waals surface area contributed by atoms with Gasteiger partial charge in [0.15, 0.2) is 6.29 Å². The standard InChI is InChI=1S/C29H38N2O8S/c1-3-13-31(40(34,35)22-11-9-21(36-2)10-12-22)16-26(32)25(14-19-7-5-4-6-8-19)30-29(33)39-27-20-15-23-24(27)18-38-28(23)37-17-20/h4-12,20,23-28,32H,3,13-18H2,1-2H3,(H,30,33)/t20?,23?,24?,25-,26+,27?,28?/m0/s1. The quantitative estimate of drug-likeness (QED) is 0.397. The number of hydrogen-bond acceptors (Lipinski definition) is 8. The molecule has 2 aliphatic heterocycles. The number of ether oxygens (including phenoxy) is 4. The third-order valence-electron chi connectivity index (χ3n) is 8.16. The number of nitrogens with one attached hydrogen (secondary N) is 1. The van der Waals surface area contributed by atoms with Crippen LogP contribution in [-0.2, 0) is 30.7 Å². The zero-order valence-electron chi connectivity index (χ0n) is 22.8. The number of sulfonamides is 1. The van der Waals surface area contributed by atoms with Crippen molar-refractivity contribution in [3.63, 3.8) is 0 Å². The van der Waals surface area contributed by atoms with Crippen LogP contribution >= 0.6 is 0 Å². The molecule has 3 aliphatic rings. The number of aliphatic hydroxyl groups excluding tert-OH is 1. The van der Waals surface area contributed by atoms with E-state index in [0.29, 0.717) is 31.8 Å². The van der Waals surface area contributed by atoms with Gasteiger partial charge in [-0.2, -0.15) is 4.31 Å². The number of methoxy groups -OCH3 is 1. The summed E-state index contributed by atoms with van der Waals surface area (Å²) in [5.74, 6) is 0.987. The second-order valence-electron chi connectivity index (χ2n) is 10.8. The second-order valence-corrected chi connectivity index (χ2v) is 12.7. The first kappa shape index (κ1) is 28.8. The van der Waals surface area contributed by atoms with Gasteiger partial charge in [-0.05, 0) is 49.1 Å². The average Bonchev–Trinajstić information content (AvgIpc) is 3.49. The van der Waals surface area contributed by atoms with E-state index in [2.05, 4.69) is 5.32 Å². The molecule has 2 bridgehead atoms. The topological polar surface area (TPSA) is 124 Å². The van der Waals surface area contributed by atoms with Crippen molar-refractivity contribution >= 4 is 16.1 Å². The fourth-order valence-electron chi connectivity index (χ4n) is 6.10. The Morgan fingerprint density at radius 1 is 1.10 bits per heavy atom. The molecule has 5 rings (SSSR count). The van der Waals surface area contributed by atoms with Gasteiger partial charge in [-0.25, -0.2) is 13.2 Å². The summed E-state index contributed by atoms with van der Waals surface area (Å²) in [5, 5.41) is 14.2. The average molecular weight is 575 g/mol. The van der Waals surface area contributed by atoms with Crippen LogP contribution < -0.4 is 10.1 Å². The van der Waals surface area contributed by atoms with E-state index in [1.807, 2.05) is 37.3 Å². The Morgan fingerprint density at radius 2 is 1.82 bits per heavy atom. The van der Waals surface area contributed by atoms with Gasteiger partial charge in [-0.15, -0.1) is 0 Å². The Kier molecular flexibility index (Phi) is 8.96. The summed E-state index contributed by atoms with van der Waals surface area (Å²) in [6.45, 7) is 2.87. The van der Waals surface area contributed by atoms with Crippen LogP contribution in [0.4, 0.5) is 4.79 Å². The van der Waals surface area contributed by atoms with Crippen LogP contribution in [0, 0.1) is 17.8 Å². The predicted molar refractivity (Wildman–Crippen MR) is 146 cm³/mol. The molecule has 2 saturated heterocycles. The number of carbonyl (C=O) groups is 1. The molecule has 3 fully saturated rings. The van der Waals surface area contributed by atoms with Crippen molar-refractivity contribution in [1.29, 1.82) is 0 Å². The number of carbonyl (C=O) groups excluding carboxylic acids is 1. The minimum Gasteiger partial charge on any atom is -0.497 e. The maximum Gasteiger partial charge on any atom is 0.407 e. The van der Waals surface area contributed by atoms with Gasteiger partial charge in [0.1, 0.15) is 11.9 Å². The van der Waals surface area contributed by atoms with E-state index >= 15 is 0 Å². The van der Waals surface area contributed by atoms with Crippen molar-refractivity contribution in [1.82, 2.24) is 9.62 Å². The molecule has 11 heteroatoms. The van der Waals surface area contributed by atoms with E-state index in [1.54, 1.807) is 12.1 Å². The van der Waals surface area contributed by atoms with E-state index in [1.165, 1.54) is 23.5 Å². The van der Waals surface area contributed by atoms with Gasteiger partial charge in [0.25, 0.3) is 0 Å². The molecule has 2 aromatic rings. The third kappa shape index (κ3) is 6.13. The molecule has 40 heavy (non-hydrogen) atoms. The SMILES string of the molecule is CCCN(C[C@@H](O)[C@H](Cc1ccccc1)NC(=O)OC1C2COC3OCC1C3C2)S(=O)(=O)c1ccc(OC)cc1. The van der Waals surface area contributed by atoms with E-state index in [4.69, 9.17) is 18.9 Å². The molecule has 1 aliphatic carbocycles. The van der Waals surface area contributed by atoms with Crippen molar-refractivity contribution in [2.75, 3.05) is 33.4 Å². The molecular formula is C29H38N2O8S. The number of rotatable bonds is 12. The molecule has 10 nitrogen and oxygen atoms in total. The van der Waals surface area contributed by atoms with Crippen LogP contribution in [0.3, 0.4) is 0 Å². The van der Waals surface area contributed by atoms with Crippen LogP contribution in [0.1, 0.15) is 25.3 Å². The molecule has 5 unspecified atom stereocenters. The molecule has 7 atom stereocenters. The molecule has 0 aromatic heterocycles. The zero-order chi connectivity index (χ0) is 28.3. The Bertz CT molecular complexity index is 1240. The van der Waals surface area contributed by atoms with Crippen LogP contribution in [0.2, 0.25) is 0 Å². The monoisotopic (exact) mass is 574 g/mol. The minimum atomic E-state index is -3.91. The normalized spacial score (nSPS) is 26.9. The summed E-state index contributed by atoms with van der Waals surface area (Å²) in [6.07, 6.45) is -0.620. The van der Waals surface area contributed by atoms with Gasteiger partial charge >= 0.3 is 6.09 Å². The van der Waals surface area contributed by atoms with E-state index in [9.17, 15) is 18.3 Å². The number of aliphatic hydroxyl groups is 1. The molecular weight excluding hydrogens is 536 g/mol. The summed E-state index contributed by atoms with van der Waals surface area (Å²) in [7, 11) is -2.39. The van der Waals surface area contributed by atoms with Crippen LogP contribution in [0.25, 0.3) is 0 Å². The maximum atomic E-state index is 13.5. The Labute approximate surface area is 235 Å². The fraction of sp³-hybridized carbons (Fsp3) is 0.552. The van der Waals surface area contributed by atoms with Gasteiger partial charge in [0.2, 0.25) is 10.0 Å². The van der Waals surface area contributed by atoms with E-state index in [-0.39, 0.29) is 48.1 Å². The fourth-order valence-corrected chi connectivity index (χ4v) is 7.65. The van der Waals surface area contributed by atoms with Crippen molar-refractivity contribution in [3.8, 4) is 5.75 Å². The molecule has 0 spiro atoms. The molecule has 1 saturated carbocycles. The van der Waals surface area contributed by atoms with Gasteiger partial charge < -0.3 is 29.4 Å². The largest absolute Gasteiger partial charge is 0.497 e. The number of nitrogens with zero attached hydrogens (tertiary/aromatic N) is 1. The summed E-state index contributed by atoms with van der Waals surface area (Å²) in [4.78, 5) is 13.3. The summed E-state index contributed by atoms with van der Waals surface area (Å²) < 4.78 is 50.8.